The maximum atomic E-state index is 12.9. The van der Waals surface area contributed by atoms with Crippen molar-refractivity contribution in [2.24, 2.45) is 0 Å². The summed E-state index contributed by atoms with van der Waals surface area (Å²) in [4.78, 5) is 66.9. The van der Waals surface area contributed by atoms with E-state index < -0.39 is 77.0 Å². The van der Waals surface area contributed by atoms with Gasteiger partial charge in [-0.25, -0.2) is 28.9 Å². The molecule has 230 valence electrons. The van der Waals surface area contributed by atoms with Crippen LogP contribution in [0.5, 0.6) is 0 Å². The Hall–Kier alpha value is -2.87. The molecule has 5 heterocycles. The molecule has 0 saturated carbocycles. The third kappa shape index (κ3) is 6.69. The van der Waals surface area contributed by atoms with E-state index in [1.54, 1.807) is 0 Å². The molecule has 2 fully saturated rings. The van der Waals surface area contributed by atoms with Crippen LogP contribution in [0, 0.1) is 6.92 Å². The lowest BCUT2D eigenvalue weighted by atomic mass is 10.2. The zero-order valence-electron chi connectivity index (χ0n) is 21.7. The molecule has 7 atom stereocenters. The molecular weight excluding hydrogens is 608 g/mol. The fourth-order valence-electron chi connectivity index (χ4n) is 4.59. The Kier molecular flexibility index (Phi) is 8.49. The van der Waals surface area contributed by atoms with E-state index in [0.717, 1.165) is 4.57 Å². The fourth-order valence-corrected chi connectivity index (χ4v) is 5.89. The predicted molar refractivity (Wildman–Crippen MR) is 138 cm³/mol. The predicted octanol–water partition coefficient (Wildman–Crippen LogP) is -1.19. The zero-order chi connectivity index (χ0) is 30.4. The normalized spacial score (nSPS) is 27.9. The molecule has 20 nitrogen and oxygen atoms in total. The standard InChI is InChI=1S/C20H27N7O13P2/c1-9-4-26(20(30)25-19(9)29)15-3-11(13(39-15)6-36-41(31,32)33)40-42(34,35)37-5-12-10(28)2-14(38-12)27-8-24-16-17(21)22-7-23-18(16)27/h4,7-8,10-15,28H,2-3,5-6H2,1H3,(H,34,35)(H2,21,22,23)(H,25,29,30)(H2,31,32,33). The second-order valence-electron chi connectivity index (χ2n) is 9.55. The van der Waals surface area contributed by atoms with Crippen molar-refractivity contribution in [2.75, 3.05) is 18.9 Å². The van der Waals surface area contributed by atoms with Gasteiger partial charge in [0.15, 0.2) is 11.5 Å². The van der Waals surface area contributed by atoms with Gasteiger partial charge in [0, 0.05) is 24.6 Å². The second kappa shape index (κ2) is 11.7. The molecule has 0 spiro atoms. The van der Waals surface area contributed by atoms with Gasteiger partial charge in [0.2, 0.25) is 0 Å². The van der Waals surface area contributed by atoms with E-state index >= 15 is 0 Å². The van der Waals surface area contributed by atoms with Crippen molar-refractivity contribution in [3.8, 4) is 0 Å². The van der Waals surface area contributed by atoms with Gasteiger partial charge in [-0.05, 0) is 6.92 Å². The summed E-state index contributed by atoms with van der Waals surface area (Å²) in [7, 11) is -9.89. The number of nitrogens with two attached hydrogens (primary N) is 1. The topological polar surface area (TPSA) is 286 Å². The van der Waals surface area contributed by atoms with Crippen LogP contribution in [0.15, 0.2) is 28.4 Å². The number of rotatable bonds is 10. The van der Waals surface area contributed by atoms with Gasteiger partial charge in [0.05, 0.1) is 25.6 Å². The Morgan fingerprint density at radius 1 is 1.05 bits per heavy atom. The highest BCUT2D eigenvalue weighted by atomic mass is 31.2. The Bertz CT molecular complexity index is 1670. The molecule has 0 aliphatic carbocycles. The number of nitrogens with zero attached hydrogens (tertiary/aromatic N) is 5. The molecule has 42 heavy (non-hydrogen) atoms. The number of fused-ring (bicyclic) bond motifs is 1. The number of hydrogen-bond acceptors (Lipinski definition) is 14. The Morgan fingerprint density at radius 2 is 1.74 bits per heavy atom. The number of phosphoric acid groups is 2. The van der Waals surface area contributed by atoms with Crippen molar-refractivity contribution >= 4 is 32.6 Å². The molecule has 3 aromatic heterocycles. The van der Waals surface area contributed by atoms with E-state index in [4.69, 9.17) is 34.0 Å². The van der Waals surface area contributed by atoms with E-state index in [9.17, 15) is 28.7 Å². The molecule has 2 aliphatic rings. The van der Waals surface area contributed by atoms with Crippen molar-refractivity contribution in [1.82, 2.24) is 29.1 Å². The highest BCUT2D eigenvalue weighted by molar-refractivity contribution is 7.47. The van der Waals surface area contributed by atoms with Crippen molar-refractivity contribution in [3.05, 3.63) is 45.3 Å². The minimum Gasteiger partial charge on any atom is -0.390 e. The Labute approximate surface area is 234 Å². The summed E-state index contributed by atoms with van der Waals surface area (Å²) in [6.45, 7) is 0.0698. The molecule has 0 aromatic carbocycles. The lowest BCUT2D eigenvalue weighted by Crippen LogP contribution is -2.33. The van der Waals surface area contributed by atoms with Crippen LogP contribution in [-0.2, 0) is 32.2 Å². The third-order valence-corrected chi connectivity index (χ3v) is 8.11. The molecule has 2 saturated heterocycles. The second-order valence-corrected chi connectivity index (χ2v) is 12.2. The molecule has 0 amide bonds. The van der Waals surface area contributed by atoms with Crippen molar-refractivity contribution in [3.63, 3.8) is 0 Å². The summed E-state index contributed by atoms with van der Waals surface area (Å²) in [6, 6.07) is 0. The van der Waals surface area contributed by atoms with Crippen LogP contribution in [0.4, 0.5) is 5.82 Å². The highest BCUT2D eigenvalue weighted by Gasteiger charge is 2.44. The van der Waals surface area contributed by atoms with Gasteiger partial charge in [0.25, 0.3) is 5.56 Å². The lowest BCUT2D eigenvalue weighted by Gasteiger charge is -2.22. The number of hydrogen-bond donors (Lipinski definition) is 6. The number of ether oxygens (including phenoxy) is 2. The number of imidazole rings is 1. The molecule has 7 unspecified atom stereocenters. The number of aliphatic hydroxyl groups excluding tert-OH is 1. The van der Waals surface area contributed by atoms with Crippen LogP contribution in [-0.4, -0.2) is 86.5 Å². The number of aromatic amines is 1. The van der Waals surface area contributed by atoms with E-state index in [2.05, 4.69) is 24.5 Å². The van der Waals surface area contributed by atoms with Gasteiger partial charge in [-0.15, -0.1) is 0 Å². The maximum absolute atomic E-state index is 12.9. The molecule has 0 radical (unpaired) electrons. The molecular formula is C20H27N7O13P2. The van der Waals surface area contributed by atoms with Crippen molar-refractivity contribution < 1.29 is 52.0 Å². The van der Waals surface area contributed by atoms with E-state index in [1.165, 1.54) is 30.3 Å². The molecule has 2 aliphatic heterocycles. The van der Waals surface area contributed by atoms with Crippen LogP contribution in [0.2, 0.25) is 0 Å². The van der Waals surface area contributed by atoms with Crippen LogP contribution >= 0.6 is 15.6 Å². The summed E-state index contributed by atoms with van der Waals surface area (Å²) in [6.07, 6.45) is -3.17. The minimum atomic E-state index is -4.97. The number of nitrogen functional groups attached to an aromatic ring is 1. The SMILES string of the molecule is Cc1cn(C2CC(OP(=O)(O)OCC3OC(n4cnc5c(N)ncnc54)CC3O)C(COP(=O)(O)O)O2)c(=O)[nH]c1=O. The monoisotopic (exact) mass is 635 g/mol. The fraction of sp³-hybridized carbons (Fsp3) is 0.550. The largest absolute Gasteiger partial charge is 0.472 e. The first kappa shape index (κ1) is 30.6. The molecule has 7 N–H and O–H groups in total. The van der Waals surface area contributed by atoms with Gasteiger partial charge in [-0.1, -0.05) is 0 Å². The number of aliphatic hydroxyl groups is 1. The first-order valence-corrected chi connectivity index (χ1v) is 15.3. The number of aryl methyl sites for hydroxylation is 1. The van der Waals surface area contributed by atoms with Crippen molar-refractivity contribution in [1.29, 1.82) is 0 Å². The number of H-pyrrole nitrogens is 1. The summed E-state index contributed by atoms with van der Waals surface area (Å²) in [5, 5.41) is 10.5. The molecule has 22 heteroatoms. The molecule has 5 rings (SSSR count). The average Bonchev–Trinajstić information content (AvgIpc) is 3.60. The van der Waals surface area contributed by atoms with E-state index in [1.807, 2.05) is 0 Å². The molecule has 3 aromatic rings. The zero-order valence-corrected chi connectivity index (χ0v) is 23.5. The third-order valence-electron chi connectivity index (χ3n) is 6.62. The van der Waals surface area contributed by atoms with Gasteiger partial charge < -0.3 is 35.0 Å². The maximum Gasteiger partial charge on any atom is 0.472 e. The Morgan fingerprint density at radius 3 is 2.48 bits per heavy atom. The van der Waals surface area contributed by atoms with Crippen LogP contribution in [0.3, 0.4) is 0 Å². The van der Waals surface area contributed by atoms with Gasteiger partial charge in [-0.3, -0.25) is 32.5 Å². The average molecular weight is 635 g/mol. The van der Waals surface area contributed by atoms with E-state index in [0.29, 0.717) is 11.2 Å². The smallest absolute Gasteiger partial charge is 0.390 e. The van der Waals surface area contributed by atoms with Gasteiger partial charge >= 0.3 is 21.3 Å². The number of phosphoric ester groups is 2. The van der Waals surface area contributed by atoms with E-state index in [-0.39, 0.29) is 24.2 Å². The van der Waals surface area contributed by atoms with Gasteiger partial charge in [0.1, 0.15) is 42.6 Å². The quantitative estimate of drug-likeness (QED) is 0.143. The number of nitrogens with one attached hydrogen (secondary N) is 1. The highest BCUT2D eigenvalue weighted by Crippen LogP contribution is 2.49. The first-order chi connectivity index (χ1) is 19.7. The van der Waals surface area contributed by atoms with Crippen LogP contribution in [0.25, 0.3) is 11.2 Å². The van der Waals surface area contributed by atoms with Crippen LogP contribution < -0.4 is 17.0 Å². The summed E-state index contributed by atoms with van der Waals surface area (Å²) < 4.78 is 52.9. The van der Waals surface area contributed by atoms with Gasteiger partial charge in [-0.2, -0.15) is 0 Å². The Balaban J connectivity index is 1.25. The first-order valence-electron chi connectivity index (χ1n) is 12.3. The summed E-state index contributed by atoms with van der Waals surface area (Å²) in [5.41, 5.74) is 5.17. The molecule has 0 bridgehead atoms. The summed E-state index contributed by atoms with van der Waals surface area (Å²) in [5.74, 6) is 0.152. The lowest BCUT2D eigenvalue weighted by molar-refractivity contribution is -0.0559. The summed E-state index contributed by atoms with van der Waals surface area (Å²) >= 11 is 0. The minimum absolute atomic E-state index is 0.0627. The van der Waals surface area contributed by atoms with Crippen molar-refractivity contribution in [2.45, 2.75) is 56.6 Å². The number of aromatic nitrogens is 6. The van der Waals surface area contributed by atoms with Crippen LogP contribution in [0.1, 0.15) is 30.9 Å². The number of anilines is 1.